The molecule has 3 rings (SSSR count). The fourth-order valence-corrected chi connectivity index (χ4v) is 3.76. The second-order valence-electron chi connectivity index (χ2n) is 6.75. The normalized spacial score (nSPS) is 17.5. The molecule has 2 heterocycles. The van der Waals surface area contributed by atoms with E-state index in [1.54, 1.807) is 18.2 Å². The molecule has 26 heavy (non-hydrogen) atoms. The Labute approximate surface area is 161 Å². The SMILES string of the molecule is O=C(CCCN1C(=O)c2ccc(Br)cc2C1=O)NCCC1CCOCC1. The molecule has 0 radical (unpaired) electrons. The number of benzene rings is 1. The first-order valence-corrected chi connectivity index (χ1v) is 9.86. The van der Waals surface area contributed by atoms with Crippen LogP contribution in [-0.4, -0.2) is 48.9 Å². The predicted octanol–water partition coefficient (Wildman–Crippen LogP) is 2.76. The van der Waals surface area contributed by atoms with Gasteiger partial charge in [-0.15, -0.1) is 0 Å². The van der Waals surface area contributed by atoms with E-state index in [4.69, 9.17) is 4.74 Å². The van der Waals surface area contributed by atoms with Crippen LogP contribution in [0.4, 0.5) is 0 Å². The van der Waals surface area contributed by atoms with E-state index in [2.05, 4.69) is 21.2 Å². The molecule has 7 heteroatoms. The number of carbonyl (C=O) groups is 3. The smallest absolute Gasteiger partial charge is 0.261 e. The van der Waals surface area contributed by atoms with E-state index in [1.807, 2.05) is 0 Å². The van der Waals surface area contributed by atoms with Gasteiger partial charge in [0.05, 0.1) is 11.1 Å². The number of nitrogens with one attached hydrogen (secondary N) is 1. The second-order valence-corrected chi connectivity index (χ2v) is 7.67. The van der Waals surface area contributed by atoms with Crippen LogP contribution >= 0.6 is 15.9 Å². The van der Waals surface area contributed by atoms with Crippen molar-refractivity contribution in [3.05, 3.63) is 33.8 Å². The number of rotatable bonds is 7. The summed E-state index contributed by atoms with van der Waals surface area (Å²) in [6.45, 7) is 2.56. The number of hydrogen-bond acceptors (Lipinski definition) is 4. The van der Waals surface area contributed by atoms with E-state index >= 15 is 0 Å². The van der Waals surface area contributed by atoms with E-state index in [0.717, 1.165) is 36.9 Å². The number of halogens is 1. The van der Waals surface area contributed by atoms with Crippen molar-refractivity contribution >= 4 is 33.7 Å². The monoisotopic (exact) mass is 422 g/mol. The summed E-state index contributed by atoms with van der Waals surface area (Å²) in [5.74, 6) is 0.0294. The van der Waals surface area contributed by atoms with E-state index in [1.165, 1.54) is 4.90 Å². The van der Waals surface area contributed by atoms with Gasteiger partial charge in [-0.3, -0.25) is 19.3 Å². The Kier molecular flexibility index (Phi) is 6.43. The van der Waals surface area contributed by atoms with Gasteiger partial charge < -0.3 is 10.1 Å². The van der Waals surface area contributed by atoms with Crippen molar-refractivity contribution in [1.82, 2.24) is 10.2 Å². The lowest BCUT2D eigenvalue weighted by atomic mass is 9.97. The molecule has 1 aromatic carbocycles. The van der Waals surface area contributed by atoms with Crippen molar-refractivity contribution in [1.29, 1.82) is 0 Å². The molecule has 0 atom stereocenters. The molecule has 0 aliphatic carbocycles. The fraction of sp³-hybridized carbons (Fsp3) is 0.526. The molecule has 1 aromatic rings. The zero-order chi connectivity index (χ0) is 18.5. The molecular formula is C19H23BrN2O4. The van der Waals surface area contributed by atoms with Crippen LogP contribution in [0.5, 0.6) is 0 Å². The maximum Gasteiger partial charge on any atom is 0.261 e. The lowest BCUT2D eigenvalue weighted by Gasteiger charge is -2.21. The van der Waals surface area contributed by atoms with Gasteiger partial charge in [0.1, 0.15) is 0 Å². The van der Waals surface area contributed by atoms with Gasteiger partial charge in [-0.1, -0.05) is 15.9 Å². The van der Waals surface area contributed by atoms with Crippen LogP contribution in [0.3, 0.4) is 0 Å². The van der Waals surface area contributed by atoms with E-state index in [0.29, 0.717) is 36.4 Å². The van der Waals surface area contributed by atoms with Gasteiger partial charge in [-0.2, -0.15) is 0 Å². The Balaban J connectivity index is 1.39. The summed E-state index contributed by atoms with van der Waals surface area (Å²) in [6, 6.07) is 5.07. The van der Waals surface area contributed by atoms with Crippen LogP contribution < -0.4 is 5.32 Å². The largest absolute Gasteiger partial charge is 0.381 e. The average molecular weight is 423 g/mol. The summed E-state index contributed by atoms with van der Waals surface area (Å²) in [4.78, 5) is 37.9. The zero-order valence-corrected chi connectivity index (χ0v) is 16.2. The second kappa shape index (κ2) is 8.77. The summed E-state index contributed by atoms with van der Waals surface area (Å²) >= 11 is 3.31. The average Bonchev–Trinajstić information content (AvgIpc) is 2.87. The quantitative estimate of drug-likeness (QED) is 0.685. The van der Waals surface area contributed by atoms with Gasteiger partial charge in [-0.05, 0) is 49.8 Å². The molecule has 140 valence electrons. The summed E-state index contributed by atoms with van der Waals surface area (Å²) in [5.41, 5.74) is 0.851. The van der Waals surface area contributed by atoms with Gasteiger partial charge in [0.25, 0.3) is 11.8 Å². The topological polar surface area (TPSA) is 75.7 Å². The highest BCUT2D eigenvalue weighted by Gasteiger charge is 2.35. The maximum atomic E-state index is 12.4. The maximum absolute atomic E-state index is 12.4. The molecule has 3 amide bonds. The molecule has 2 aliphatic heterocycles. The minimum atomic E-state index is -0.286. The van der Waals surface area contributed by atoms with Crippen LogP contribution in [0.15, 0.2) is 22.7 Å². The Bertz CT molecular complexity index is 701. The number of amides is 3. The molecule has 1 fully saturated rings. The van der Waals surface area contributed by atoms with Gasteiger partial charge in [0.2, 0.25) is 5.91 Å². The summed E-state index contributed by atoms with van der Waals surface area (Å²) < 4.78 is 6.09. The molecule has 0 unspecified atom stereocenters. The van der Waals surface area contributed by atoms with Crippen LogP contribution in [0.2, 0.25) is 0 Å². The van der Waals surface area contributed by atoms with Crippen molar-refractivity contribution in [2.75, 3.05) is 26.3 Å². The molecule has 0 spiro atoms. The minimum Gasteiger partial charge on any atom is -0.381 e. The van der Waals surface area contributed by atoms with Crippen molar-refractivity contribution in [3.63, 3.8) is 0 Å². The number of nitrogens with zero attached hydrogens (tertiary/aromatic N) is 1. The summed E-state index contributed by atoms with van der Waals surface area (Å²) in [5, 5.41) is 2.93. The Morgan fingerprint density at radius 1 is 1.19 bits per heavy atom. The van der Waals surface area contributed by atoms with Gasteiger partial charge >= 0.3 is 0 Å². The Hall–Kier alpha value is -1.73. The Morgan fingerprint density at radius 3 is 2.69 bits per heavy atom. The molecular weight excluding hydrogens is 400 g/mol. The third kappa shape index (κ3) is 4.51. The highest BCUT2D eigenvalue weighted by Crippen LogP contribution is 2.26. The Morgan fingerprint density at radius 2 is 1.92 bits per heavy atom. The van der Waals surface area contributed by atoms with Crippen molar-refractivity contribution < 1.29 is 19.1 Å². The lowest BCUT2D eigenvalue weighted by molar-refractivity contribution is -0.121. The molecule has 0 saturated carbocycles. The van der Waals surface area contributed by atoms with Crippen molar-refractivity contribution in [2.45, 2.75) is 32.1 Å². The van der Waals surface area contributed by atoms with E-state index < -0.39 is 0 Å². The first-order valence-electron chi connectivity index (χ1n) is 9.06. The minimum absolute atomic E-state index is 0.0311. The van der Waals surface area contributed by atoms with Crippen LogP contribution in [-0.2, 0) is 9.53 Å². The molecule has 0 aromatic heterocycles. The van der Waals surface area contributed by atoms with Gasteiger partial charge in [-0.25, -0.2) is 0 Å². The van der Waals surface area contributed by atoms with Crippen molar-refractivity contribution in [3.8, 4) is 0 Å². The third-order valence-electron chi connectivity index (χ3n) is 4.93. The molecule has 6 nitrogen and oxygen atoms in total. The molecule has 1 saturated heterocycles. The number of ether oxygens (including phenoxy) is 1. The first kappa shape index (κ1) is 19.0. The van der Waals surface area contributed by atoms with Gasteiger partial charge in [0.15, 0.2) is 0 Å². The van der Waals surface area contributed by atoms with Crippen LogP contribution in [0.25, 0.3) is 0 Å². The summed E-state index contributed by atoms with van der Waals surface area (Å²) in [6.07, 6.45) is 3.88. The van der Waals surface area contributed by atoms with Crippen LogP contribution in [0, 0.1) is 5.92 Å². The number of imide groups is 1. The van der Waals surface area contributed by atoms with Crippen molar-refractivity contribution in [2.24, 2.45) is 5.92 Å². The van der Waals surface area contributed by atoms with Gasteiger partial charge in [0, 0.05) is 37.2 Å². The van der Waals surface area contributed by atoms with Crippen LogP contribution in [0.1, 0.15) is 52.8 Å². The highest BCUT2D eigenvalue weighted by atomic mass is 79.9. The number of hydrogen-bond donors (Lipinski definition) is 1. The molecule has 1 N–H and O–H groups in total. The predicted molar refractivity (Wildman–Crippen MR) is 99.9 cm³/mol. The lowest BCUT2D eigenvalue weighted by Crippen LogP contribution is -2.32. The zero-order valence-electron chi connectivity index (χ0n) is 14.6. The number of carbonyl (C=O) groups excluding carboxylic acids is 3. The molecule has 2 aliphatic rings. The first-order chi connectivity index (χ1) is 12.6. The fourth-order valence-electron chi connectivity index (χ4n) is 3.40. The summed E-state index contributed by atoms with van der Waals surface area (Å²) in [7, 11) is 0. The number of fused-ring (bicyclic) bond motifs is 1. The standard InChI is InChI=1S/C19H23BrN2O4/c20-14-3-4-15-16(12-14)19(25)22(18(15)24)9-1-2-17(23)21-8-5-13-6-10-26-11-7-13/h3-4,12-13H,1-2,5-11H2,(H,21,23). The third-order valence-corrected chi connectivity index (χ3v) is 5.43. The molecule has 0 bridgehead atoms. The van der Waals surface area contributed by atoms with E-state index in [9.17, 15) is 14.4 Å². The highest BCUT2D eigenvalue weighted by molar-refractivity contribution is 9.10. The van der Waals surface area contributed by atoms with E-state index in [-0.39, 0.29) is 24.3 Å².